The number of hydrogen-bond acceptors (Lipinski definition) is 4. The Balaban J connectivity index is 0.00000264. The summed E-state index contributed by atoms with van der Waals surface area (Å²) in [5.41, 5.74) is 7.69. The van der Waals surface area contributed by atoms with Crippen LogP contribution in [0.2, 0.25) is 0 Å². The lowest BCUT2D eigenvalue weighted by Crippen LogP contribution is -2.32. The van der Waals surface area contributed by atoms with Gasteiger partial charge in [-0.1, -0.05) is 31.2 Å². The molecule has 1 atom stereocenters. The predicted octanol–water partition coefficient (Wildman–Crippen LogP) is 2.02. The van der Waals surface area contributed by atoms with Crippen molar-refractivity contribution in [1.29, 1.82) is 0 Å². The topological polar surface area (TPSA) is 73.6 Å². The fourth-order valence-corrected chi connectivity index (χ4v) is 2.36. The number of rotatable bonds is 7. The molecule has 1 saturated heterocycles. The maximum Gasteiger partial charge on any atom is 0.224 e. The molecule has 1 amide bonds. The normalized spacial score (nSPS) is 16.4. The van der Waals surface area contributed by atoms with E-state index in [9.17, 15) is 4.79 Å². The summed E-state index contributed by atoms with van der Waals surface area (Å²) in [6.07, 6.45) is 2.22. The maximum absolute atomic E-state index is 11.7. The third-order valence-corrected chi connectivity index (χ3v) is 3.91. The van der Waals surface area contributed by atoms with Gasteiger partial charge in [-0.3, -0.25) is 4.79 Å². The molecule has 0 spiro atoms. The van der Waals surface area contributed by atoms with Gasteiger partial charge in [0.2, 0.25) is 5.91 Å². The number of hydrogen-bond donors (Lipinski definition) is 2. The number of amides is 1. The van der Waals surface area contributed by atoms with Gasteiger partial charge in [-0.2, -0.15) is 0 Å². The van der Waals surface area contributed by atoms with Crippen LogP contribution in [0, 0.1) is 5.92 Å². The average molecular weight is 343 g/mol. The Kier molecular flexibility index (Phi) is 9.17. The quantitative estimate of drug-likeness (QED) is 0.795. The zero-order valence-electron chi connectivity index (χ0n) is 13.6. The van der Waals surface area contributed by atoms with E-state index >= 15 is 0 Å². The Morgan fingerprint density at radius 3 is 2.78 bits per heavy atom. The Morgan fingerprint density at radius 1 is 1.39 bits per heavy atom. The minimum Gasteiger partial charge on any atom is -0.381 e. The largest absolute Gasteiger partial charge is 0.381 e. The third-order valence-electron chi connectivity index (χ3n) is 3.91. The van der Waals surface area contributed by atoms with Crippen molar-refractivity contribution >= 4 is 18.3 Å². The minimum atomic E-state index is -0.153. The lowest BCUT2D eigenvalue weighted by molar-refractivity contribution is -0.124. The van der Waals surface area contributed by atoms with E-state index in [1.54, 1.807) is 0 Å². The van der Waals surface area contributed by atoms with Gasteiger partial charge in [0.1, 0.15) is 0 Å². The van der Waals surface area contributed by atoms with Crippen LogP contribution in [-0.2, 0) is 27.4 Å². The SMILES string of the molecule is CC(CN)C(=O)NCc1cccc(COC2CCOCC2)c1.Cl. The van der Waals surface area contributed by atoms with Crippen molar-refractivity contribution in [1.82, 2.24) is 5.32 Å². The van der Waals surface area contributed by atoms with Crippen LogP contribution in [-0.4, -0.2) is 31.8 Å². The molecule has 1 aliphatic rings. The number of halogens is 1. The van der Waals surface area contributed by atoms with Crippen molar-refractivity contribution in [2.24, 2.45) is 11.7 Å². The molecule has 1 unspecified atom stereocenters. The Hall–Kier alpha value is -1.14. The molecule has 1 aliphatic heterocycles. The molecule has 1 aromatic carbocycles. The van der Waals surface area contributed by atoms with Crippen molar-refractivity contribution in [3.05, 3.63) is 35.4 Å². The van der Waals surface area contributed by atoms with E-state index < -0.39 is 0 Å². The standard InChI is InChI=1S/C17H26N2O3.ClH/c1-13(10-18)17(20)19-11-14-3-2-4-15(9-14)12-22-16-5-7-21-8-6-16;/h2-4,9,13,16H,5-8,10-12,18H2,1H3,(H,19,20);1H. The molecule has 6 heteroatoms. The van der Waals surface area contributed by atoms with E-state index in [0.29, 0.717) is 25.8 Å². The number of nitrogens with two attached hydrogens (primary N) is 1. The summed E-state index contributed by atoms with van der Waals surface area (Å²) in [5.74, 6) is -0.161. The van der Waals surface area contributed by atoms with Gasteiger partial charge in [-0.05, 0) is 24.0 Å². The van der Waals surface area contributed by atoms with Gasteiger partial charge in [0, 0.05) is 32.2 Å². The van der Waals surface area contributed by atoms with Gasteiger partial charge in [0.15, 0.2) is 0 Å². The number of benzene rings is 1. The van der Waals surface area contributed by atoms with Gasteiger partial charge in [0.25, 0.3) is 0 Å². The van der Waals surface area contributed by atoms with E-state index in [-0.39, 0.29) is 24.2 Å². The zero-order valence-corrected chi connectivity index (χ0v) is 14.4. The molecular formula is C17H27ClN2O3. The molecule has 1 fully saturated rings. The van der Waals surface area contributed by atoms with Crippen LogP contribution < -0.4 is 11.1 Å². The van der Waals surface area contributed by atoms with E-state index in [2.05, 4.69) is 11.4 Å². The smallest absolute Gasteiger partial charge is 0.224 e. The van der Waals surface area contributed by atoms with Gasteiger partial charge < -0.3 is 20.5 Å². The molecule has 5 nitrogen and oxygen atoms in total. The van der Waals surface area contributed by atoms with Gasteiger partial charge in [-0.25, -0.2) is 0 Å². The Bertz CT molecular complexity index is 479. The van der Waals surface area contributed by atoms with E-state index in [1.807, 2.05) is 25.1 Å². The van der Waals surface area contributed by atoms with E-state index in [1.165, 1.54) is 0 Å². The predicted molar refractivity (Wildman–Crippen MR) is 92.4 cm³/mol. The highest BCUT2D eigenvalue weighted by Gasteiger charge is 2.14. The fraction of sp³-hybridized carbons (Fsp3) is 0.588. The van der Waals surface area contributed by atoms with Crippen LogP contribution in [0.4, 0.5) is 0 Å². The van der Waals surface area contributed by atoms with Crippen LogP contribution in [0.5, 0.6) is 0 Å². The van der Waals surface area contributed by atoms with Crippen molar-refractivity contribution in [2.75, 3.05) is 19.8 Å². The molecule has 130 valence electrons. The fourth-order valence-electron chi connectivity index (χ4n) is 2.36. The van der Waals surface area contributed by atoms with Crippen LogP contribution in [0.1, 0.15) is 30.9 Å². The first-order valence-corrected chi connectivity index (χ1v) is 7.94. The van der Waals surface area contributed by atoms with Gasteiger partial charge in [-0.15, -0.1) is 12.4 Å². The van der Waals surface area contributed by atoms with Crippen LogP contribution in [0.3, 0.4) is 0 Å². The summed E-state index contributed by atoms with van der Waals surface area (Å²) >= 11 is 0. The highest BCUT2D eigenvalue weighted by Crippen LogP contribution is 2.14. The second-order valence-corrected chi connectivity index (χ2v) is 5.80. The minimum absolute atomic E-state index is 0. The first-order chi connectivity index (χ1) is 10.7. The molecule has 0 bridgehead atoms. The van der Waals surface area contributed by atoms with Gasteiger partial charge >= 0.3 is 0 Å². The summed E-state index contributed by atoms with van der Waals surface area (Å²) in [6.45, 7) is 4.89. The maximum atomic E-state index is 11.7. The molecular weight excluding hydrogens is 316 g/mol. The summed E-state index contributed by atoms with van der Waals surface area (Å²) in [5, 5.41) is 2.91. The number of ether oxygens (including phenoxy) is 2. The first kappa shape index (κ1) is 19.9. The molecule has 1 heterocycles. The Labute approximate surface area is 144 Å². The highest BCUT2D eigenvalue weighted by atomic mass is 35.5. The van der Waals surface area contributed by atoms with Gasteiger partial charge in [0.05, 0.1) is 12.7 Å². The molecule has 0 saturated carbocycles. The second kappa shape index (κ2) is 10.6. The summed E-state index contributed by atoms with van der Waals surface area (Å²) in [6, 6.07) is 8.13. The van der Waals surface area contributed by atoms with Crippen molar-refractivity contribution in [3.8, 4) is 0 Å². The molecule has 1 aromatic rings. The van der Waals surface area contributed by atoms with E-state index in [4.69, 9.17) is 15.2 Å². The molecule has 23 heavy (non-hydrogen) atoms. The lowest BCUT2D eigenvalue weighted by atomic mass is 10.1. The molecule has 3 N–H and O–H groups in total. The second-order valence-electron chi connectivity index (χ2n) is 5.80. The zero-order chi connectivity index (χ0) is 15.8. The van der Waals surface area contributed by atoms with Crippen LogP contribution in [0.15, 0.2) is 24.3 Å². The van der Waals surface area contributed by atoms with Crippen molar-refractivity contribution < 1.29 is 14.3 Å². The molecule has 2 rings (SSSR count). The highest BCUT2D eigenvalue weighted by molar-refractivity contribution is 5.85. The number of carbonyl (C=O) groups is 1. The summed E-state index contributed by atoms with van der Waals surface area (Å²) < 4.78 is 11.2. The Morgan fingerprint density at radius 2 is 2.09 bits per heavy atom. The average Bonchev–Trinajstić information content (AvgIpc) is 2.58. The first-order valence-electron chi connectivity index (χ1n) is 7.94. The molecule has 0 radical (unpaired) electrons. The number of nitrogens with one attached hydrogen (secondary N) is 1. The molecule has 0 aromatic heterocycles. The summed E-state index contributed by atoms with van der Waals surface area (Å²) in [4.78, 5) is 11.7. The van der Waals surface area contributed by atoms with Crippen LogP contribution in [0.25, 0.3) is 0 Å². The molecule has 0 aliphatic carbocycles. The van der Waals surface area contributed by atoms with E-state index in [0.717, 1.165) is 37.2 Å². The monoisotopic (exact) mass is 342 g/mol. The van der Waals surface area contributed by atoms with Crippen molar-refractivity contribution in [2.45, 2.75) is 39.0 Å². The van der Waals surface area contributed by atoms with Crippen LogP contribution >= 0.6 is 12.4 Å². The third kappa shape index (κ3) is 6.87. The lowest BCUT2D eigenvalue weighted by Gasteiger charge is -2.22. The van der Waals surface area contributed by atoms with Crippen molar-refractivity contribution in [3.63, 3.8) is 0 Å². The summed E-state index contributed by atoms with van der Waals surface area (Å²) in [7, 11) is 0. The number of carbonyl (C=O) groups excluding carboxylic acids is 1.